The lowest BCUT2D eigenvalue weighted by molar-refractivity contribution is -0.120. The molecule has 0 aromatic heterocycles. The molecule has 0 radical (unpaired) electrons. The molecular weight excluding hydrogens is 440 g/mol. The van der Waals surface area contributed by atoms with Crippen LogP contribution in [0.15, 0.2) is 78.5 Å². The number of benzene rings is 3. The summed E-state index contributed by atoms with van der Waals surface area (Å²) in [5.41, 5.74) is 2.10. The summed E-state index contributed by atoms with van der Waals surface area (Å²) in [6, 6.07) is 21.0. The Bertz CT molecular complexity index is 1220. The van der Waals surface area contributed by atoms with Crippen molar-refractivity contribution in [2.75, 3.05) is 23.4 Å². The fourth-order valence-corrected chi connectivity index (χ4v) is 3.74. The van der Waals surface area contributed by atoms with Crippen LogP contribution < -0.4 is 19.7 Å². The number of nitrogens with zero attached hydrogens (tertiary/aromatic N) is 1. The van der Waals surface area contributed by atoms with Gasteiger partial charge in [0.05, 0.1) is 24.5 Å². The SMILES string of the molecule is CCOc1cccc(NC2=C(c3ccc(Cl)cc3)C(=O)N(c3cccc(OCC)c3)C2=O)c1. The number of halogens is 1. The smallest absolute Gasteiger partial charge is 0.282 e. The molecule has 1 aliphatic rings. The topological polar surface area (TPSA) is 67.9 Å². The summed E-state index contributed by atoms with van der Waals surface area (Å²) in [4.78, 5) is 28.2. The number of hydrogen-bond donors (Lipinski definition) is 1. The van der Waals surface area contributed by atoms with Crippen molar-refractivity contribution in [1.82, 2.24) is 0 Å². The Hall–Kier alpha value is -3.77. The quantitative estimate of drug-likeness (QED) is 0.445. The van der Waals surface area contributed by atoms with Crippen molar-refractivity contribution in [3.8, 4) is 11.5 Å². The van der Waals surface area contributed by atoms with E-state index in [1.807, 2.05) is 32.0 Å². The van der Waals surface area contributed by atoms with Crippen LogP contribution in [-0.2, 0) is 9.59 Å². The molecule has 33 heavy (non-hydrogen) atoms. The van der Waals surface area contributed by atoms with Crippen LogP contribution in [-0.4, -0.2) is 25.0 Å². The molecule has 4 rings (SSSR count). The van der Waals surface area contributed by atoms with E-state index in [-0.39, 0.29) is 11.3 Å². The highest BCUT2D eigenvalue weighted by molar-refractivity contribution is 6.46. The lowest BCUT2D eigenvalue weighted by Crippen LogP contribution is -2.32. The van der Waals surface area contributed by atoms with Gasteiger partial charge in [-0.2, -0.15) is 0 Å². The number of carbonyl (C=O) groups excluding carboxylic acids is 2. The molecule has 0 saturated heterocycles. The predicted octanol–water partition coefficient (Wildman–Crippen LogP) is 5.53. The summed E-state index contributed by atoms with van der Waals surface area (Å²) in [6.45, 7) is 4.76. The molecule has 0 saturated carbocycles. The van der Waals surface area contributed by atoms with Crippen molar-refractivity contribution in [3.63, 3.8) is 0 Å². The van der Waals surface area contributed by atoms with Crippen LogP contribution in [0.2, 0.25) is 5.02 Å². The number of hydrogen-bond acceptors (Lipinski definition) is 5. The average Bonchev–Trinajstić information content (AvgIpc) is 3.05. The molecule has 0 spiro atoms. The van der Waals surface area contributed by atoms with Crippen molar-refractivity contribution in [2.24, 2.45) is 0 Å². The van der Waals surface area contributed by atoms with Gasteiger partial charge in [0.1, 0.15) is 17.2 Å². The molecule has 3 aromatic rings. The first-order chi connectivity index (χ1) is 16.0. The summed E-state index contributed by atoms with van der Waals surface area (Å²) >= 11 is 6.05. The van der Waals surface area contributed by atoms with Gasteiger partial charge < -0.3 is 14.8 Å². The van der Waals surface area contributed by atoms with Crippen LogP contribution in [0.25, 0.3) is 5.57 Å². The first-order valence-corrected chi connectivity index (χ1v) is 11.0. The Morgan fingerprint density at radius 3 is 2.12 bits per heavy atom. The second-order valence-electron chi connectivity index (χ2n) is 7.22. The van der Waals surface area contributed by atoms with Gasteiger partial charge in [-0.05, 0) is 55.8 Å². The predicted molar refractivity (Wildman–Crippen MR) is 130 cm³/mol. The molecule has 0 bridgehead atoms. The molecule has 168 valence electrons. The summed E-state index contributed by atoms with van der Waals surface area (Å²) in [5.74, 6) is 0.350. The first-order valence-electron chi connectivity index (χ1n) is 10.6. The Morgan fingerprint density at radius 2 is 1.45 bits per heavy atom. The lowest BCUT2D eigenvalue weighted by atomic mass is 10.0. The van der Waals surface area contributed by atoms with Crippen molar-refractivity contribution in [2.45, 2.75) is 13.8 Å². The molecular formula is C26H23ClN2O4. The van der Waals surface area contributed by atoms with E-state index in [0.717, 1.165) is 4.90 Å². The summed E-state index contributed by atoms with van der Waals surface area (Å²) in [6.07, 6.45) is 0. The maximum Gasteiger partial charge on any atom is 0.282 e. The molecule has 2 amide bonds. The van der Waals surface area contributed by atoms with Crippen LogP contribution in [0.5, 0.6) is 11.5 Å². The summed E-state index contributed by atoms with van der Waals surface area (Å²) < 4.78 is 11.1. The summed E-state index contributed by atoms with van der Waals surface area (Å²) in [7, 11) is 0. The van der Waals surface area contributed by atoms with E-state index in [4.69, 9.17) is 21.1 Å². The van der Waals surface area contributed by atoms with E-state index < -0.39 is 11.8 Å². The number of ether oxygens (including phenoxy) is 2. The van der Waals surface area contributed by atoms with E-state index in [1.54, 1.807) is 54.6 Å². The normalized spacial score (nSPS) is 13.5. The van der Waals surface area contributed by atoms with E-state index in [1.165, 1.54) is 0 Å². The van der Waals surface area contributed by atoms with Crippen LogP contribution in [0.4, 0.5) is 11.4 Å². The second-order valence-corrected chi connectivity index (χ2v) is 7.66. The van der Waals surface area contributed by atoms with Crippen LogP contribution in [0.3, 0.4) is 0 Å². The fraction of sp³-hybridized carbons (Fsp3) is 0.154. The van der Waals surface area contributed by atoms with Crippen molar-refractivity contribution in [3.05, 3.63) is 89.1 Å². The minimum absolute atomic E-state index is 0.179. The number of anilines is 2. The van der Waals surface area contributed by atoms with Gasteiger partial charge in [0.15, 0.2) is 0 Å². The maximum absolute atomic E-state index is 13.5. The number of imide groups is 1. The van der Waals surface area contributed by atoms with Crippen LogP contribution >= 0.6 is 11.6 Å². The molecule has 0 aliphatic carbocycles. The van der Waals surface area contributed by atoms with E-state index in [9.17, 15) is 9.59 Å². The Kier molecular flexibility index (Phi) is 6.66. The number of amides is 2. The first kappa shape index (κ1) is 22.4. The molecule has 1 aliphatic heterocycles. The zero-order valence-corrected chi connectivity index (χ0v) is 19.1. The van der Waals surface area contributed by atoms with Gasteiger partial charge in [-0.15, -0.1) is 0 Å². The van der Waals surface area contributed by atoms with E-state index in [0.29, 0.717) is 46.7 Å². The van der Waals surface area contributed by atoms with Crippen LogP contribution in [0.1, 0.15) is 19.4 Å². The van der Waals surface area contributed by atoms with E-state index >= 15 is 0 Å². The molecule has 0 unspecified atom stereocenters. The van der Waals surface area contributed by atoms with Crippen molar-refractivity contribution in [1.29, 1.82) is 0 Å². The maximum atomic E-state index is 13.5. The third-order valence-electron chi connectivity index (χ3n) is 5.02. The monoisotopic (exact) mass is 462 g/mol. The Balaban J connectivity index is 1.77. The fourth-order valence-electron chi connectivity index (χ4n) is 3.62. The highest BCUT2D eigenvalue weighted by Crippen LogP contribution is 2.35. The van der Waals surface area contributed by atoms with Crippen molar-refractivity contribution >= 4 is 40.4 Å². The zero-order chi connectivity index (χ0) is 23.4. The third kappa shape index (κ3) is 4.71. The Labute approximate surface area is 197 Å². The zero-order valence-electron chi connectivity index (χ0n) is 18.3. The molecule has 3 aromatic carbocycles. The summed E-state index contributed by atoms with van der Waals surface area (Å²) in [5, 5.41) is 3.68. The number of nitrogens with one attached hydrogen (secondary N) is 1. The van der Waals surface area contributed by atoms with Gasteiger partial charge in [0.2, 0.25) is 0 Å². The largest absolute Gasteiger partial charge is 0.494 e. The average molecular weight is 463 g/mol. The highest BCUT2D eigenvalue weighted by atomic mass is 35.5. The Morgan fingerprint density at radius 1 is 0.818 bits per heavy atom. The number of carbonyl (C=O) groups is 2. The highest BCUT2D eigenvalue weighted by Gasteiger charge is 2.40. The molecule has 6 nitrogen and oxygen atoms in total. The van der Waals surface area contributed by atoms with E-state index in [2.05, 4.69) is 5.32 Å². The lowest BCUT2D eigenvalue weighted by Gasteiger charge is -2.16. The van der Waals surface area contributed by atoms with Gasteiger partial charge >= 0.3 is 0 Å². The van der Waals surface area contributed by atoms with Gasteiger partial charge in [-0.3, -0.25) is 9.59 Å². The molecule has 0 atom stereocenters. The van der Waals surface area contributed by atoms with Crippen LogP contribution in [0, 0.1) is 0 Å². The van der Waals surface area contributed by atoms with Gasteiger partial charge in [0, 0.05) is 22.8 Å². The van der Waals surface area contributed by atoms with Gasteiger partial charge in [-0.1, -0.05) is 35.9 Å². The van der Waals surface area contributed by atoms with Gasteiger partial charge in [-0.25, -0.2) is 4.90 Å². The molecule has 0 fully saturated rings. The second kappa shape index (κ2) is 9.79. The standard InChI is InChI=1S/C26H23ClN2O4/c1-3-32-21-9-5-7-19(15-21)28-24-23(17-11-13-18(27)14-12-17)25(30)29(26(24)31)20-8-6-10-22(16-20)33-4-2/h5-16,28H,3-4H2,1-2H3. The number of rotatable bonds is 8. The van der Waals surface area contributed by atoms with Crippen molar-refractivity contribution < 1.29 is 19.1 Å². The minimum Gasteiger partial charge on any atom is -0.494 e. The minimum atomic E-state index is -0.458. The van der Waals surface area contributed by atoms with Gasteiger partial charge in [0.25, 0.3) is 11.8 Å². The third-order valence-corrected chi connectivity index (χ3v) is 5.27. The molecule has 7 heteroatoms. The molecule has 1 N–H and O–H groups in total. The molecule has 1 heterocycles.